The summed E-state index contributed by atoms with van der Waals surface area (Å²) < 4.78 is 2.09. The highest BCUT2D eigenvalue weighted by molar-refractivity contribution is 5.84. The normalized spacial score (nSPS) is 22.4. The molecule has 9 nitrogen and oxygen atoms in total. The van der Waals surface area contributed by atoms with E-state index in [1.54, 1.807) is 0 Å². The van der Waals surface area contributed by atoms with Gasteiger partial charge in [-0.3, -0.25) is 0 Å². The Balaban J connectivity index is 0.000000382. The van der Waals surface area contributed by atoms with Gasteiger partial charge in [-0.25, -0.2) is 4.98 Å². The summed E-state index contributed by atoms with van der Waals surface area (Å²) in [6.07, 6.45) is 10.7. The largest absolute Gasteiger partial charge is 0.364 e. The van der Waals surface area contributed by atoms with Crippen LogP contribution in [0.4, 0.5) is 11.8 Å². The van der Waals surface area contributed by atoms with Gasteiger partial charge in [-0.2, -0.15) is 9.97 Å². The van der Waals surface area contributed by atoms with Crippen molar-refractivity contribution in [1.29, 1.82) is 0 Å². The molecule has 0 bridgehead atoms. The van der Waals surface area contributed by atoms with Crippen LogP contribution in [0.25, 0.3) is 22.3 Å². The minimum absolute atomic E-state index is 0.243. The first-order valence-electron chi connectivity index (χ1n) is 15.5. The number of aromatic nitrogens is 4. The summed E-state index contributed by atoms with van der Waals surface area (Å²) in [6.45, 7) is 4.93. The summed E-state index contributed by atoms with van der Waals surface area (Å²) >= 11 is 0. The molecule has 2 fully saturated rings. The van der Waals surface area contributed by atoms with Crippen LogP contribution in [0.3, 0.4) is 0 Å². The molecule has 2 aliphatic rings. The van der Waals surface area contributed by atoms with Gasteiger partial charge >= 0.3 is 0 Å². The van der Waals surface area contributed by atoms with E-state index in [2.05, 4.69) is 82.6 Å². The zero-order valence-corrected chi connectivity index (χ0v) is 25.0. The van der Waals surface area contributed by atoms with Crippen LogP contribution < -0.4 is 27.8 Å². The van der Waals surface area contributed by atoms with Crippen molar-refractivity contribution in [3.05, 3.63) is 66.5 Å². The lowest BCUT2D eigenvalue weighted by molar-refractivity contribution is 0.392. The standard InChI is InChI=1S/C27H33N7.C6H14N2/c1-18(2)34-17-30-24-25(32-27(33-26(24)34)31-23-10-6-9-22(28)15-23)29-16-19-11-13-21(14-12-19)20-7-4-3-5-8-20;7-5-2-1-3-6(8)4-5/h3-5,7-8,11-14,17-18,22-23H,6,9-10,15-16,28H2,1-2H3,(H2,29,31,32,33);5-6H,1-4,7-8H2. The first-order valence-corrected chi connectivity index (χ1v) is 15.5. The lowest BCUT2D eigenvalue weighted by Crippen LogP contribution is -2.35. The van der Waals surface area contributed by atoms with E-state index in [4.69, 9.17) is 27.2 Å². The van der Waals surface area contributed by atoms with E-state index >= 15 is 0 Å². The molecule has 2 aromatic heterocycles. The van der Waals surface area contributed by atoms with E-state index < -0.39 is 0 Å². The number of anilines is 2. The minimum Gasteiger partial charge on any atom is -0.364 e. The molecule has 0 spiro atoms. The Bertz CT molecular complexity index is 1390. The zero-order chi connectivity index (χ0) is 29.5. The van der Waals surface area contributed by atoms with Gasteiger partial charge < -0.3 is 32.4 Å². The van der Waals surface area contributed by atoms with Crippen LogP contribution in [0.2, 0.25) is 0 Å². The number of fused-ring (bicyclic) bond motifs is 1. The predicted octanol–water partition coefficient (Wildman–Crippen LogP) is 5.58. The third-order valence-electron chi connectivity index (χ3n) is 8.30. The lowest BCUT2D eigenvalue weighted by atomic mass is 9.92. The number of nitrogens with one attached hydrogen (secondary N) is 2. The molecule has 2 aromatic carbocycles. The highest BCUT2D eigenvalue weighted by Gasteiger charge is 2.22. The number of nitrogens with zero attached hydrogens (tertiary/aromatic N) is 4. The molecule has 2 aliphatic carbocycles. The molecule has 9 heteroatoms. The molecule has 0 radical (unpaired) electrons. The molecule has 0 aliphatic heterocycles. The number of rotatable bonds is 7. The molecule has 0 saturated heterocycles. The molecule has 2 heterocycles. The van der Waals surface area contributed by atoms with E-state index in [1.165, 1.54) is 36.0 Å². The number of nitrogens with two attached hydrogens (primary N) is 3. The Kier molecular flexibility index (Phi) is 10.0. The van der Waals surface area contributed by atoms with Crippen molar-refractivity contribution in [2.24, 2.45) is 17.2 Å². The van der Waals surface area contributed by atoms with Gasteiger partial charge in [0.2, 0.25) is 5.95 Å². The van der Waals surface area contributed by atoms with Gasteiger partial charge in [0, 0.05) is 36.8 Å². The van der Waals surface area contributed by atoms with E-state index in [0.717, 1.165) is 49.1 Å². The van der Waals surface area contributed by atoms with Crippen molar-refractivity contribution in [2.45, 2.75) is 102 Å². The molecule has 8 N–H and O–H groups in total. The maximum Gasteiger partial charge on any atom is 0.227 e. The molecule has 6 rings (SSSR count). The highest BCUT2D eigenvalue weighted by Crippen LogP contribution is 2.26. The third-order valence-corrected chi connectivity index (χ3v) is 8.30. The minimum atomic E-state index is 0.243. The second kappa shape index (κ2) is 14.1. The van der Waals surface area contributed by atoms with Crippen LogP contribution in [0.5, 0.6) is 0 Å². The first kappa shape index (κ1) is 29.9. The molecule has 2 saturated carbocycles. The van der Waals surface area contributed by atoms with Crippen molar-refractivity contribution in [3.8, 4) is 11.1 Å². The van der Waals surface area contributed by atoms with E-state index in [1.807, 2.05) is 12.4 Å². The molecular formula is C33H47N9. The zero-order valence-electron chi connectivity index (χ0n) is 25.0. The fraction of sp³-hybridized carbons (Fsp3) is 0.485. The summed E-state index contributed by atoms with van der Waals surface area (Å²) in [6, 6.07) is 20.6. The van der Waals surface area contributed by atoms with Crippen LogP contribution in [-0.2, 0) is 6.54 Å². The van der Waals surface area contributed by atoms with Crippen molar-refractivity contribution >= 4 is 22.9 Å². The van der Waals surface area contributed by atoms with E-state index in [0.29, 0.717) is 30.6 Å². The summed E-state index contributed by atoms with van der Waals surface area (Å²) in [5, 5.41) is 7.05. The van der Waals surface area contributed by atoms with Crippen LogP contribution in [0, 0.1) is 0 Å². The van der Waals surface area contributed by atoms with Crippen molar-refractivity contribution in [3.63, 3.8) is 0 Å². The maximum absolute atomic E-state index is 6.20. The average Bonchev–Trinajstić information content (AvgIpc) is 3.42. The molecule has 42 heavy (non-hydrogen) atoms. The monoisotopic (exact) mass is 569 g/mol. The van der Waals surface area contributed by atoms with Crippen molar-refractivity contribution in [2.75, 3.05) is 10.6 Å². The Morgan fingerprint density at radius 3 is 2.07 bits per heavy atom. The van der Waals surface area contributed by atoms with E-state index in [-0.39, 0.29) is 12.1 Å². The smallest absolute Gasteiger partial charge is 0.227 e. The summed E-state index contributed by atoms with van der Waals surface area (Å²) in [5.74, 6) is 1.38. The fourth-order valence-electron chi connectivity index (χ4n) is 5.92. The first-order chi connectivity index (χ1) is 20.4. The topological polar surface area (TPSA) is 146 Å². The maximum atomic E-state index is 6.20. The molecule has 0 amide bonds. The second-order valence-corrected chi connectivity index (χ2v) is 12.2. The molecule has 4 unspecified atom stereocenters. The van der Waals surface area contributed by atoms with Gasteiger partial charge in [0.25, 0.3) is 0 Å². The predicted molar refractivity (Wildman–Crippen MR) is 173 cm³/mol. The summed E-state index contributed by atoms with van der Waals surface area (Å²) in [5.41, 5.74) is 22.7. The molecular weight excluding hydrogens is 522 g/mol. The van der Waals surface area contributed by atoms with E-state index in [9.17, 15) is 0 Å². The van der Waals surface area contributed by atoms with Gasteiger partial charge in [-0.1, -0.05) is 61.0 Å². The third kappa shape index (κ3) is 7.85. The highest BCUT2D eigenvalue weighted by atomic mass is 15.2. The Morgan fingerprint density at radius 1 is 0.810 bits per heavy atom. The van der Waals surface area contributed by atoms with Crippen molar-refractivity contribution < 1.29 is 0 Å². The van der Waals surface area contributed by atoms with Crippen LogP contribution in [0.1, 0.15) is 76.8 Å². The van der Waals surface area contributed by atoms with Gasteiger partial charge in [0.05, 0.1) is 6.33 Å². The van der Waals surface area contributed by atoms with Gasteiger partial charge in [-0.05, 0) is 75.5 Å². The Morgan fingerprint density at radius 2 is 1.45 bits per heavy atom. The summed E-state index contributed by atoms with van der Waals surface area (Å²) in [4.78, 5) is 14.3. The van der Waals surface area contributed by atoms with Gasteiger partial charge in [0.15, 0.2) is 17.0 Å². The number of hydrogen-bond acceptors (Lipinski definition) is 8. The quantitative estimate of drug-likeness (QED) is 0.194. The number of hydrogen-bond donors (Lipinski definition) is 5. The fourth-order valence-corrected chi connectivity index (χ4v) is 5.92. The second-order valence-electron chi connectivity index (χ2n) is 12.2. The van der Waals surface area contributed by atoms with Crippen LogP contribution >= 0.6 is 0 Å². The summed E-state index contributed by atoms with van der Waals surface area (Å²) in [7, 11) is 0. The molecule has 4 aromatic rings. The molecule has 224 valence electrons. The van der Waals surface area contributed by atoms with Crippen LogP contribution in [-0.4, -0.2) is 43.7 Å². The SMILES string of the molecule is CC(C)n1cnc2c(NCc3ccc(-c4ccccc4)cc3)nc(NC3CCCC(N)C3)nc21.NC1CCCC(N)C1. The molecule has 4 atom stereocenters. The lowest BCUT2D eigenvalue weighted by Gasteiger charge is -2.27. The van der Waals surface area contributed by atoms with Crippen LogP contribution in [0.15, 0.2) is 60.9 Å². The van der Waals surface area contributed by atoms with Crippen molar-refractivity contribution in [1.82, 2.24) is 19.5 Å². The van der Waals surface area contributed by atoms with Gasteiger partial charge in [0.1, 0.15) is 0 Å². The average molecular weight is 570 g/mol. The Hall–Kier alpha value is -3.53. The number of imidazole rings is 1. The van der Waals surface area contributed by atoms with Gasteiger partial charge in [-0.15, -0.1) is 0 Å². The Labute approximate surface area is 249 Å². The number of benzene rings is 2.